The van der Waals surface area contributed by atoms with E-state index in [1.54, 1.807) is 23.7 Å². The number of hydrogen-bond acceptors (Lipinski definition) is 5. The summed E-state index contributed by atoms with van der Waals surface area (Å²) in [5.41, 5.74) is 1.93. The van der Waals surface area contributed by atoms with Crippen molar-refractivity contribution in [3.05, 3.63) is 34.9 Å². The SMILES string of the molecule is O=C(CCc1nc(-c2cccnc2)cs1)NCC1CCCO1. The van der Waals surface area contributed by atoms with Gasteiger partial charge in [0.15, 0.2) is 0 Å². The van der Waals surface area contributed by atoms with Gasteiger partial charge in [0.1, 0.15) is 0 Å². The van der Waals surface area contributed by atoms with E-state index in [1.165, 1.54) is 0 Å². The fraction of sp³-hybridized carbons (Fsp3) is 0.438. The standard InChI is InChI=1S/C16H19N3O2S/c20-15(18-10-13-4-2-8-21-13)5-6-16-19-14(11-22-16)12-3-1-7-17-9-12/h1,3,7,9,11,13H,2,4-6,8,10H2,(H,18,20). The van der Waals surface area contributed by atoms with E-state index in [-0.39, 0.29) is 12.0 Å². The van der Waals surface area contributed by atoms with E-state index in [9.17, 15) is 4.79 Å². The number of nitrogens with zero attached hydrogens (tertiary/aromatic N) is 2. The van der Waals surface area contributed by atoms with Gasteiger partial charge in [-0.2, -0.15) is 0 Å². The van der Waals surface area contributed by atoms with Crippen molar-refractivity contribution >= 4 is 17.2 Å². The molecule has 2 aromatic rings. The highest BCUT2D eigenvalue weighted by Gasteiger charge is 2.16. The molecule has 116 valence electrons. The van der Waals surface area contributed by atoms with Crippen molar-refractivity contribution in [1.29, 1.82) is 0 Å². The number of pyridine rings is 1. The van der Waals surface area contributed by atoms with Gasteiger partial charge in [-0.25, -0.2) is 4.98 Å². The van der Waals surface area contributed by atoms with Gasteiger partial charge in [0.2, 0.25) is 5.91 Å². The van der Waals surface area contributed by atoms with Crippen LogP contribution in [0.2, 0.25) is 0 Å². The molecule has 22 heavy (non-hydrogen) atoms. The maximum Gasteiger partial charge on any atom is 0.220 e. The molecule has 0 saturated carbocycles. The Balaban J connectivity index is 1.45. The normalized spacial score (nSPS) is 17.5. The van der Waals surface area contributed by atoms with Crippen LogP contribution in [0, 0.1) is 0 Å². The summed E-state index contributed by atoms with van der Waals surface area (Å²) in [7, 11) is 0. The van der Waals surface area contributed by atoms with Crippen molar-refractivity contribution in [2.75, 3.05) is 13.2 Å². The number of amides is 1. The van der Waals surface area contributed by atoms with Crippen molar-refractivity contribution in [1.82, 2.24) is 15.3 Å². The van der Waals surface area contributed by atoms with Gasteiger partial charge in [0.25, 0.3) is 0 Å². The van der Waals surface area contributed by atoms with Gasteiger partial charge >= 0.3 is 0 Å². The highest BCUT2D eigenvalue weighted by molar-refractivity contribution is 7.09. The Morgan fingerprint density at radius 1 is 1.50 bits per heavy atom. The molecule has 3 heterocycles. The van der Waals surface area contributed by atoms with E-state index in [1.807, 2.05) is 17.5 Å². The van der Waals surface area contributed by atoms with Gasteiger partial charge in [0.05, 0.1) is 16.8 Å². The maximum atomic E-state index is 11.9. The molecule has 1 aliphatic rings. The van der Waals surface area contributed by atoms with Gasteiger partial charge in [0, 0.05) is 49.3 Å². The Morgan fingerprint density at radius 2 is 2.45 bits per heavy atom. The summed E-state index contributed by atoms with van der Waals surface area (Å²) in [6, 6.07) is 3.88. The number of rotatable bonds is 6. The minimum absolute atomic E-state index is 0.0635. The zero-order chi connectivity index (χ0) is 15.2. The van der Waals surface area contributed by atoms with Gasteiger partial charge in [-0.05, 0) is 25.0 Å². The quantitative estimate of drug-likeness (QED) is 0.889. The van der Waals surface area contributed by atoms with Crippen LogP contribution in [0.15, 0.2) is 29.9 Å². The second kappa shape index (κ2) is 7.47. The molecule has 1 aliphatic heterocycles. The average molecular weight is 317 g/mol. The highest BCUT2D eigenvalue weighted by atomic mass is 32.1. The fourth-order valence-electron chi connectivity index (χ4n) is 2.41. The Labute approximate surface area is 133 Å². The fourth-order valence-corrected chi connectivity index (χ4v) is 3.22. The number of nitrogens with one attached hydrogen (secondary N) is 1. The molecule has 5 nitrogen and oxygen atoms in total. The molecule has 0 radical (unpaired) electrons. The Bertz CT molecular complexity index is 609. The summed E-state index contributed by atoms with van der Waals surface area (Å²) in [5.74, 6) is 0.0635. The Hall–Kier alpha value is -1.79. The van der Waals surface area contributed by atoms with E-state index in [0.717, 1.165) is 35.7 Å². The first-order valence-corrected chi connectivity index (χ1v) is 8.42. The minimum Gasteiger partial charge on any atom is -0.376 e. The summed E-state index contributed by atoms with van der Waals surface area (Å²) >= 11 is 1.59. The van der Waals surface area contributed by atoms with E-state index >= 15 is 0 Å². The molecular formula is C16H19N3O2S. The molecule has 1 amide bonds. The minimum atomic E-state index is 0.0635. The van der Waals surface area contributed by atoms with E-state index in [4.69, 9.17) is 4.74 Å². The van der Waals surface area contributed by atoms with Crippen LogP contribution in [0.5, 0.6) is 0 Å². The molecule has 0 aromatic carbocycles. The van der Waals surface area contributed by atoms with Crippen molar-refractivity contribution < 1.29 is 9.53 Å². The lowest BCUT2D eigenvalue weighted by Crippen LogP contribution is -2.31. The lowest BCUT2D eigenvalue weighted by molar-refractivity contribution is -0.121. The molecule has 3 rings (SSSR count). The number of carbonyl (C=O) groups excluding carboxylic acids is 1. The monoisotopic (exact) mass is 317 g/mol. The van der Waals surface area contributed by atoms with E-state index in [0.29, 0.717) is 19.4 Å². The van der Waals surface area contributed by atoms with Gasteiger partial charge in [-0.15, -0.1) is 11.3 Å². The molecule has 0 bridgehead atoms. The second-order valence-electron chi connectivity index (χ2n) is 5.31. The summed E-state index contributed by atoms with van der Waals surface area (Å²) < 4.78 is 5.49. The zero-order valence-electron chi connectivity index (χ0n) is 12.3. The molecular weight excluding hydrogens is 298 g/mol. The molecule has 1 saturated heterocycles. The summed E-state index contributed by atoms with van der Waals surface area (Å²) in [4.78, 5) is 20.5. The van der Waals surface area contributed by atoms with Gasteiger partial charge < -0.3 is 10.1 Å². The van der Waals surface area contributed by atoms with Crippen LogP contribution in [-0.4, -0.2) is 35.1 Å². The van der Waals surface area contributed by atoms with Crippen LogP contribution in [0.3, 0.4) is 0 Å². The first kappa shape index (κ1) is 15.1. The van der Waals surface area contributed by atoms with E-state index < -0.39 is 0 Å². The number of carbonyl (C=O) groups is 1. The third kappa shape index (κ3) is 4.11. The third-order valence-corrected chi connectivity index (χ3v) is 4.53. The molecule has 1 fully saturated rings. The van der Waals surface area contributed by atoms with Crippen LogP contribution in [0.1, 0.15) is 24.3 Å². The lowest BCUT2D eigenvalue weighted by atomic mass is 10.2. The second-order valence-corrected chi connectivity index (χ2v) is 6.25. The number of aryl methyl sites for hydroxylation is 1. The van der Waals surface area contributed by atoms with Crippen molar-refractivity contribution in [3.63, 3.8) is 0 Å². The van der Waals surface area contributed by atoms with Crippen molar-refractivity contribution in [2.45, 2.75) is 31.8 Å². The summed E-state index contributed by atoms with van der Waals surface area (Å²) in [6.45, 7) is 1.44. The molecule has 6 heteroatoms. The topological polar surface area (TPSA) is 64.1 Å². The zero-order valence-corrected chi connectivity index (χ0v) is 13.1. The van der Waals surface area contributed by atoms with Gasteiger partial charge in [-0.3, -0.25) is 9.78 Å². The van der Waals surface area contributed by atoms with Crippen LogP contribution in [0.25, 0.3) is 11.3 Å². The molecule has 1 unspecified atom stereocenters. The third-order valence-electron chi connectivity index (χ3n) is 3.63. The predicted molar refractivity (Wildman–Crippen MR) is 85.6 cm³/mol. The molecule has 1 atom stereocenters. The van der Waals surface area contributed by atoms with Crippen LogP contribution < -0.4 is 5.32 Å². The molecule has 1 N–H and O–H groups in total. The maximum absolute atomic E-state index is 11.9. The van der Waals surface area contributed by atoms with E-state index in [2.05, 4.69) is 15.3 Å². The first-order chi connectivity index (χ1) is 10.8. The van der Waals surface area contributed by atoms with Gasteiger partial charge in [-0.1, -0.05) is 0 Å². The Kier molecular flexibility index (Phi) is 5.13. The highest BCUT2D eigenvalue weighted by Crippen LogP contribution is 2.21. The van der Waals surface area contributed by atoms with Crippen LogP contribution in [0.4, 0.5) is 0 Å². The lowest BCUT2D eigenvalue weighted by Gasteiger charge is -2.10. The average Bonchev–Trinajstić information content (AvgIpc) is 3.23. The molecule has 2 aromatic heterocycles. The van der Waals surface area contributed by atoms with Crippen LogP contribution >= 0.6 is 11.3 Å². The van der Waals surface area contributed by atoms with Crippen LogP contribution in [-0.2, 0) is 16.0 Å². The molecule has 0 spiro atoms. The smallest absolute Gasteiger partial charge is 0.220 e. The Morgan fingerprint density at radius 3 is 3.23 bits per heavy atom. The summed E-state index contributed by atoms with van der Waals surface area (Å²) in [5, 5.41) is 5.92. The summed E-state index contributed by atoms with van der Waals surface area (Å²) in [6.07, 6.45) is 7.01. The molecule has 0 aliphatic carbocycles. The largest absolute Gasteiger partial charge is 0.376 e. The number of thiazole rings is 1. The number of hydrogen-bond donors (Lipinski definition) is 1. The number of ether oxygens (including phenoxy) is 1. The predicted octanol–water partition coefficient (Wildman–Crippen LogP) is 2.43. The van der Waals surface area contributed by atoms with Crippen molar-refractivity contribution in [3.8, 4) is 11.3 Å². The first-order valence-electron chi connectivity index (χ1n) is 7.54. The number of aromatic nitrogens is 2. The van der Waals surface area contributed by atoms with Crippen molar-refractivity contribution in [2.24, 2.45) is 0 Å².